The molecule has 1 saturated heterocycles. The van der Waals surface area contributed by atoms with E-state index in [2.05, 4.69) is 21.0 Å². The average Bonchev–Trinajstić information content (AvgIpc) is 3.44. The Hall–Kier alpha value is -4.41. The lowest BCUT2D eigenvalue weighted by atomic mass is 9.76. The van der Waals surface area contributed by atoms with Crippen LogP contribution in [0.1, 0.15) is 42.1 Å². The fourth-order valence-electron chi connectivity index (χ4n) is 5.69. The molecule has 4 aromatic rings. The van der Waals surface area contributed by atoms with Crippen LogP contribution in [0.2, 0.25) is 0 Å². The molecule has 0 aliphatic carbocycles. The van der Waals surface area contributed by atoms with Crippen molar-refractivity contribution in [3.63, 3.8) is 0 Å². The van der Waals surface area contributed by atoms with E-state index >= 15 is 0 Å². The van der Waals surface area contributed by atoms with Gasteiger partial charge in [0.25, 0.3) is 0 Å². The van der Waals surface area contributed by atoms with Crippen molar-refractivity contribution in [1.82, 2.24) is 19.5 Å². The summed E-state index contributed by atoms with van der Waals surface area (Å²) in [5.41, 5.74) is -2.35. The van der Waals surface area contributed by atoms with Gasteiger partial charge in [-0.25, -0.2) is 9.97 Å². The Morgan fingerprint density at radius 2 is 1.95 bits per heavy atom. The van der Waals surface area contributed by atoms with Crippen LogP contribution in [0.15, 0.2) is 42.9 Å². The van der Waals surface area contributed by atoms with Gasteiger partial charge in [-0.05, 0) is 31.2 Å². The number of aliphatic hydroxyl groups excluding tert-OH is 1. The van der Waals surface area contributed by atoms with Crippen LogP contribution in [-0.4, -0.2) is 47.5 Å². The van der Waals surface area contributed by atoms with Crippen molar-refractivity contribution < 1.29 is 38.0 Å². The Morgan fingerprint density at radius 3 is 2.69 bits per heavy atom. The molecule has 1 aromatic carbocycles. The Balaban J connectivity index is 1.40. The number of aromatic nitrogens is 4. The smallest absolute Gasteiger partial charge is 0.433 e. The standard InChI is InChI=1S/C26H20F3N5O5/c1-24-17(35)10-25(39-24,6-8-38-18-9-16(26(27,28)29)32-12-33-18)20-19(24)22(36)34(23(20)37)15-5-4-13(11-30)21-14(15)3-2-7-31-21/h2-5,7,9,12,17,35-37H,6,8,10H2,1H3/t17-,24-,25+/m0/s1. The third-order valence-corrected chi connectivity index (χ3v) is 7.44. The third-order valence-electron chi connectivity index (χ3n) is 7.44. The molecule has 200 valence electrons. The highest BCUT2D eigenvalue weighted by Crippen LogP contribution is 2.65. The Kier molecular flexibility index (Phi) is 5.29. The number of fused-ring (bicyclic) bond motifs is 6. The topological polar surface area (TPSA) is 147 Å². The summed E-state index contributed by atoms with van der Waals surface area (Å²) in [7, 11) is 0. The Labute approximate surface area is 218 Å². The molecule has 2 aliphatic rings. The van der Waals surface area contributed by atoms with E-state index in [1.165, 1.54) is 16.8 Å². The zero-order valence-corrected chi connectivity index (χ0v) is 20.3. The highest BCUT2D eigenvalue weighted by atomic mass is 19.4. The summed E-state index contributed by atoms with van der Waals surface area (Å²) in [5, 5.41) is 43.7. The van der Waals surface area contributed by atoms with Crippen molar-refractivity contribution in [3.8, 4) is 29.4 Å². The molecule has 0 radical (unpaired) electrons. The second kappa shape index (κ2) is 8.29. The highest BCUT2D eigenvalue weighted by molar-refractivity contribution is 5.92. The van der Waals surface area contributed by atoms with Gasteiger partial charge in [-0.15, -0.1) is 0 Å². The first-order chi connectivity index (χ1) is 18.5. The maximum atomic E-state index is 13.0. The SMILES string of the molecule is C[C@]12O[C@](CCOc3cc(C(F)(F)F)ncn3)(C[C@@H]1O)c1c2c(O)n(-c2ccc(C#N)c3ncccc23)c1O. The monoisotopic (exact) mass is 539 g/mol. The number of alkyl halides is 3. The van der Waals surface area contributed by atoms with Gasteiger partial charge in [-0.1, -0.05) is 0 Å². The fourth-order valence-corrected chi connectivity index (χ4v) is 5.69. The van der Waals surface area contributed by atoms with Gasteiger partial charge in [0.05, 0.1) is 40.6 Å². The lowest BCUT2D eigenvalue weighted by Crippen LogP contribution is -2.33. The third kappa shape index (κ3) is 3.52. The van der Waals surface area contributed by atoms with E-state index in [-0.39, 0.29) is 48.2 Å². The molecule has 0 saturated carbocycles. The maximum absolute atomic E-state index is 13.0. The summed E-state index contributed by atoms with van der Waals surface area (Å²) in [6, 6.07) is 9.20. The number of benzene rings is 1. The number of aromatic hydroxyl groups is 2. The lowest BCUT2D eigenvalue weighted by Gasteiger charge is -2.26. The predicted molar refractivity (Wildman–Crippen MR) is 127 cm³/mol. The molecule has 0 unspecified atom stereocenters. The van der Waals surface area contributed by atoms with Crippen LogP contribution in [0.25, 0.3) is 16.6 Å². The largest absolute Gasteiger partial charge is 0.494 e. The fraction of sp³-hybridized carbons (Fsp3) is 0.308. The first-order valence-electron chi connectivity index (χ1n) is 11.9. The number of nitriles is 1. The van der Waals surface area contributed by atoms with Gasteiger partial charge in [-0.2, -0.15) is 18.4 Å². The molecular weight excluding hydrogens is 519 g/mol. The van der Waals surface area contributed by atoms with Crippen LogP contribution in [-0.2, 0) is 22.1 Å². The van der Waals surface area contributed by atoms with Crippen LogP contribution in [0.5, 0.6) is 17.6 Å². The van der Waals surface area contributed by atoms with E-state index in [1.807, 2.05) is 0 Å². The van der Waals surface area contributed by atoms with Gasteiger partial charge in [0.15, 0.2) is 5.69 Å². The molecule has 0 spiro atoms. The van der Waals surface area contributed by atoms with Crippen LogP contribution < -0.4 is 4.74 Å². The molecule has 13 heteroatoms. The second-order valence-corrected chi connectivity index (χ2v) is 9.64. The molecule has 10 nitrogen and oxygen atoms in total. The van der Waals surface area contributed by atoms with Gasteiger partial charge < -0.3 is 24.8 Å². The Morgan fingerprint density at radius 1 is 1.18 bits per heavy atom. The van der Waals surface area contributed by atoms with Crippen LogP contribution in [0, 0.1) is 11.3 Å². The van der Waals surface area contributed by atoms with Gasteiger partial charge >= 0.3 is 6.18 Å². The normalized spacial score (nSPS) is 23.6. The number of pyridine rings is 1. The predicted octanol–water partition coefficient (Wildman–Crippen LogP) is 3.79. The number of nitrogens with zero attached hydrogens (tertiary/aromatic N) is 5. The molecule has 3 atom stereocenters. The number of hydrogen-bond donors (Lipinski definition) is 3. The van der Waals surface area contributed by atoms with Crippen molar-refractivity contribution in [2.24, 2.45) is 0 Å². The van der Waals surface area contributed by atoms with Crippen LogP contribution in [0.4, 0.5) is 13.2 Å². The molecule has 2 bridgehead atoms. The maximum Gasteiger partial charge on any atom is 0.433 e. The van der Waals surface area contributed by atoms with Gasteiger partial charge in [0.1, 0.15) is 23.6 Å². The summed E-state index contributed by atoms with van der Waals surface area (Å²) in [6.07, 6.45) is -3.39. The first-order valence-corrected chi connectivity index (χ1v) is 11.9. The van der Waals surface area contributed by atoms with Crippen molar-refractivity contribution in [2.45, 2.75) is 43.2 Å². The zero-order chi connectivity index (χ0) is 27.7. The van der Waals surface area contributed by atoms with E-state index in [0.29, 0.717) is 28.2 Å². The molecule has 6 rings (SSSR count). The van der Waals surface area contributed by atoms with E-state index in [0.717, 1.165) is 6.33 Å². The molecule has 1 fully saturated rings. The zero-order valence-electron chi connectivity index (χ0n) is 20.3. The summed E-state index contributed by atoms with van der Waals surface area (Å²) in [6.45, 7) is 1.42. The van der Waals surface area contributed by atoms with Crippen molar-refractivity contribution >= 4 is 10.9 Å². The summed E-state index contributed by atoms with van der Waals surface area (Å²) >= 11 is 0. The average molecular weight is 539 g/mol. The quantitative estimate of drug-likeness (QED) is 0.345. The molecule has 39 heavy (non-hydrogen) atoms. The minimum absolute atomic E-state index is 0.0185. The second-order valence-electron chi connectivity index (χ2n) is 9.64. The summed E-state index contributed by atoms with van der Waals surface area (Å²) < 4.78 is 51.9. The number of rotatable bonds is 5. The lowest BCUT2D eigenvalue weighted by molar-refractivity contribution is -0.141. The number of halogens is 3. The summed E-state index contributed by atoms with van der Waals surface area (Å²) in [4.78, 5) is 11.2. The Bertz CT molecular complexity index is 1680. The van der Waals surface area contributed by atoms with Gasteiger partial charge in [0, 0.05) is 30.5 Å². The van der Waals surface area contributed by atoms with Crippen LogP contribution in [0.3, 0.4) is 0 Å². The minimum Gasteiger partial charge on any atom is -0.494 e. The number of ether oxygens (including phenoxy) is 2. The van der Waals surface area contributed by atoms with E-state index in [4.69, 9.17) is 9.47 Å². The number of hydrogen-bond acceptors (Lipinski definition) is 9. The van der Waals surface area contributed by atoms with Gasteiger partial charge in [0.2, 0.25) is 17.6 Å². The minimum atomic E-state index is -4.67. The van der Waals surface area contributed by atoms with Crippen molar-refractivity contribution in [3.05, 3.63) is 65.2 Å². The van der Waals surface area contributed by atoms with E-state index in [1.54, 1.807) is 25.1 Å². The first kappa shape index (κ1) is 24.9. The molecule has 2 aliphatic heterocycles. The molecular formula is C26H20F3N5O5. The molecule has 3 N–H and O–H groups in total. The highest BCUT2D eigenvalue weighted by Gasteiger charge is 2.66. The van der Waals surface area contributed by atoms with Crippen molar-refractivity contribution in [1.29, 1.82) is 5.26 Å². The van der Waals surface area contributed by atoms with Gasteiger partial charge in [-0.3, -0.25) is 9.55 Å². The summed E-state index contributed by atoms with van der Waals surface area (Å²) in [5.74, 6) is -0.990. The molecule has 3 aromatic heterocycles. The van der Waals surface area contributed by atoms with Crippen LogP contribution >= 0.6 is 0 Å². The number of aliphatic hydroxyl groups is 1. The molecule has 5 heterocycles. The molecule has 0 amide bonds. The van der Waals surface area contributed by atoms with E-state index in [9.17, 15) is 33.8 Å². The van der Waals surface area contributed by atoms with Crippen molar-refractivity contribution in [2.75, 3.05) is 6.61 Å². The van der Waals surface area contributed by atoms with E-state index < -0.39 is 29.2 Å².